The minimum atomic E-state index is -0.440. The summed E-state index contributed by atoms with van der Waals surface area (Å²) in [4.78, 5) is 26.0. The van der Waals surface area contributed by atoms with Crippen LogP contribution < -0.4 is 9.47 Å². The van der Waals surface area contributed by atoms with E-state index in [2.05, 4.69) is 27.7 Å². The molecule has 7 nitrogen and oxygen atoms in total. The van der Waals surface area contributed by atoms with Gasteiger partial charge >= 0.3 is 11.9 Å². The van der Waals surface area contributed by atoms with E-state index in [9.17, 15) is 9.59 Å². The van der Waals surface area contributed by atoms with Crippen molar-refractivity contribution in [3.8, 4) is 11.5 Å². The Bertz CT molecular complexity index is 1450. The predicted octanol–water partition coefficient (Wildman–Crippen LogP) is 9.06. The van der Waals surface area contributed by atoms with Gasteiger partial charge in [0.25, 0.3) is 0 Å². The Hall–Kier alpha value is -3.42. The van der Waals surface area contributed by atoms with Crippen LogP contribution in [0.1, 0.15) is 99.8 Å². The van der Waals surface area contributed by atoms with Crippen molar-refractivity contribution in [2.75, 3.05) is 33.0 Å². The van der Waals surface area contributed by atoms with Crippen molar-refractivity contribution in [2.45, 2.75) is 85.2 Å². The second kappa shape index (κ2) is 16.6. The zero-order chi connectivity index (χ0) is 33.2. The molecule has 0 N–H and O–H groups in total. The number of carbonyl (C=O) groups is 2. The van der Waals surface area contributed by atoms with Gasteiger partial charge in [-0.3, -0.25) is 0 Å². The van der Waals surface area contributed by atoms with Crippen LogP contribution in [0.5, 0.6) is 11.5 Å². The number of hydrogen-bond acceptors (Lipinski definition) is 7. The third-order valence-corrected chi connectivity index (χ3v) is 9.99. The van der Waals surface area contributed by atoms with Gasteiger partial charge in [-0.1, -0.05) is 52.7 Å². The second-order valence-electron chi connectivity index (χ2n) is 14.1. The van der Waals surface area contributed by atoms with Gasteiger partial charge in [-0.2, -0.15) is 0 Å². The van der Waals surface area contributed by atoms with E-state index >= 15 is 0 Å². The minimum Gasteiger partial charge on any atom is -0.494 e. The number of esters is 2. The second-order valence-corrected chi connectivity index (χ2v) is 14.1. The Labute approximate surface area is 280 Å². The normalized spacial score (nSPS) is 20.5. The third kappa shape index (κ3) is 9.57. The average Bonchev–Trinajstić information content (AvgIpc) is 3.05. The highest BCUT2D eigenvalue weighted by atomic mass is 16.5. The van der Waals surface area contributed by atoms with Gasteiger partial charge in [0.1, 0.15) is 17.6 Å². The summed E-state index contributed by atoms with van der Waals surface area (Å²) in [7, 11) is 0. The highest BCUT2D eigenvalue weighted by Gasteiger charge is 2.37. The fourth-order valence-corrected chi connectivity index (χ4v) is 6.64. The summed E-state index contributed by atoms with van der Waals surface area (Å²) in [6.45, 7) is 12.8. The van der Waals surface area contributed by atoms with Crippen LogP contribution in [0.25, 0.3) is 10.8 Å². The van der Waals surface area contributed by atoms with Crippen molar-refractivity contribution in [3.63, 3.8) is 0 Å². The van der Waals surface area contributed by atoms with E-state index in [-0.39, 0.29) is 17.5 Å². The SMILES string of the molecule is CCC1(COCCCCCCOc2ccc(OC(=O)c3ccc4cc(C(=O)OC5CC(C)CCC5C(C)C)ccc4c3)cc2)COC1. The molecule has 0 aromatic heterocycles. The van der Waals surface area contributed by atoms with Crippen molar-refractivity contribution in [3.05, 3.63) is 71.8 Å². The Morgan fingerprint density at radius 1 is 0.830 bits per heavy atom. The Balaban J connectivity index is 1.03. The highest BCUT2D eigenvalue weighted by molar-refractivity contribution is 5.99. The first kappa shape index (κ1) is 34.9. The number of carbonyl (C=O) groups excluding carboxylic acids is 2. The molecule has 1 heterocycles. The van der Waals surface area contributed by atoms with Crippen molar-refractivity contribution < 1.29 is 33.3 Å². The fraction of sp³-hybridized carbons (Fsp3) is 0.550. The van der Waals surface area contributed by atoms with Gasteiger partial charge in [0.2, 0.25) is 0 Å². The molecule has 2 aliphatic rings. The first-order valence-corrected chi connectivity index (χ1v) is 17.6. The molecule has 3 aromatic carbocycles. The van der Waals surface area contributed by atoms with Gasteiger partial charge in [0.05, 0.1) is 37.6 Å². The van der Waals surface area contributed by atoms with Gasteiger partial charge in [-0.15, -0.1) is 0 Å². The lowest BCUT2D eigenvalue weighted by Gasteiger charge is -2.40. The summed E-state index contributed by atoms with van der Waals surface area (Å²) in [5, 5.41) is 1.72. The molecule has 1 saturated carbocycles. The van der Waals surface area contributed by atoms with Gasteiger partial charge in [-0.25, -0.2) is 9.59 Å². The van der Waals surface area contributed by atoms with Crippen molar-refractivity contribution >= 4 is 22.7 Å². The standard InChI is InChI=1S/C40H52O7/c1-5-40(26-44-27-40)25-43-20-8-6-7-9-21-45-34-15-17-35(18-16-34)46-38(41)32-13-11-31-24-33(14-12-30(31)23-32)39(42)47-37-22-29(4)10-19-36(37)28(2)3/h11-18,23-24,28-29,36-37H,5-10,19-22,25-27H2,1-4H3. The van der Waals surface area contributed by atoms with Crippen LogP contribution in [-0.4, -0.2) is 51.1 Å². The lowest BCUT2D eigenvalue weighted by Crippen LogP contribution is -2.45. The van der Waals surface area contributed by atoms with Gasteiger partial charge in [0, 0.05) is 12.0 Å². The summed E-state index contributed by atoms with van der Waals surface area (Å²) in [5.41, 5.74) is 1.23. The number of rotatable bonds is 16. The summed E-state index contributed by atoms with van der Waals surface area (Å²) < 4.78 is 28.8. The monoisotopic (exact) mass is 644 g/mol. The van der Waals surface area contributed by atoms with Gasteiger partial charge in [-0.05, 0) is 116 Å². The molecule has 3 atom stereocenters. The molecule has 0 radical (unpaired) electrons. The van der Waals surface area contributed by atoms with E-state index in [1.54, 1.807) is 30.3 Å². The van der Waals surface area contributed by atoms with Crippen LogP contribution >= 0.6 is 0 Å². The van der Waals surface area contributed by atoms with Crippen LogP contribution in [0.4, 0.5) is 0 Å². The number of fused-ring (bicyclic) bond motifs is 1. The Morgan fingerprint density at radius 2 is 1.47 bits per heavy atom. The summed E-state index contributed by atoms with van der Waals surface area (Å²) in [6, 6.07) is 18.0. The lowest BCUT2D eigenvalue weighted by atomic mass is 9.75. The number of hydrogen-bond donors (Lipinski definition) is 0. The van der Waals surface area contributed by atoms with E-state index in [1.807, 2.05) is 30.3 Å². The molecule has 3 aromatic rings. The maximum Gasteiger partial charge on any atom is 0.343 e. The molecule has 5 rings (SSSR count). The molecule has 2 fully saturated rings. The molecule has 3 unspecified atom stereocenters. The molecule has 1 saturated heterocycles. The molecule has 1 aliphatic heterocycles. The van der Waals surface area contributed by atoms with Crippen molar-refractivity contribution in [2.24, 2.45) is 23.2 Å². The van der Waals surface area contributed by atoms with Crippen LogP contribution in [0.2, 0.25) is 0 Å². The summed E-state index contributed by atoms with van der Waals surface area (Å²) in [5.74, 6) is 1.91. The lowest BCUT2D eigenvalue weighted by molar-refractivity contribution is -0.150. The summed E-state index contributed by atoms with van der Waals surface area (Å²) in [6.07, 6.45) is 8.51. The number of unbranched alkanes of at least 4 members (excludes halogenated alkanes) is 3. The Kier molecular flexibility index (Phi) is 12.3. The maximum atomic E-state index is 13.1. The zero-order valence-electron chi connectivity index (χ0n) is 28.6. The van der Waals surface area contributed by atoms with E-state index in [0.29, 0.717) is 41.2 Å². The summed E-state index contributed by atoms with van der Waals surface area (Å²) >= 11 is 0. The zero-order valence-corrected chi connectivity index (χ0v) is 28.6. The highest BCUT2D eigenvalue weighted by Crippen LogP contribution is 2.36. The molecule has 0 amide bonds. The fourth-order valence-electron chi connectivity index (χ4n) is 6.64. The molecular formula is C40H52O7. The molecule has 7 heteroatoms. The van der Waals surface area contributed by atoms with E-state index in [1.165, 1.54) is 6.42 Å². The largest absolute Gasteiger partial charge is 0.494 e. The van der Waals surface area contributed by atoms with Crippen molar-refractivity contribution in [1.82, 2.24) is 0 Å². The van der Waals surface area contributed by atoms with Crippen LogP contribution in [-0.2, 0) is 14.2 Å². The molecule has 0 bridgehead atoms. The van der Waals surface area contributed by atoms with Crippen molar-refractivity contribution in [1.29, 1.82) is 0 Å². The van der Waals surface area contributed by atoms with E-state index < -0.39 is 5.97 Å². The average molecular weight is 645 g/mol. The number of ether oxygens (including phenoxy) is 5. The van der Waals surface area contributed by atoms with Crippen LogP contribution in [0.15, 0.2) is 60.7 Å². The first-order chi connectivity index (χ1) is 22.7. The third-order valence-electron chi connectivity index (χ3n) is 9.99. The minimum absolute atomic E-state index is 0.0490. The smallest absolute Gasteiger partial charge is 0.343 e. The Morgan fingerprint density at radius 3 is 2.09 bits per heavy atom. The molecule has 1 aliphatic carbocycles. The van der Waals surface area contributed by atoms with Gasteiger partial charge in [0.15, 0.2) is 0 Å². The molecular weight excluding hydrogens is 592 g/mol. The topological polar surface area (TPSA) is 80.3 Å². The molecule has 0 spiro atoms. The maximum absolute atomic E-state index is 13.1. The first-order valence-electron chi connectivity index (χ1n) is 17.6. The quantitative estimate of drug-likeness (QED) is 0.0874. The molecule has 47 heavy (non-hydrogen) atoms. The van der Waals surface area contributed by atoms with Gasteiger partial charge < -0.3 is 23.7 Å². The van der Waals surface area contributed by atoms with E-state index in [0.717, 1.165) is 87.9 Å². The van der Waals surface area contributed by atoms with Crippen LogP contribution in [0, 0.1) is 23.2 Å². The molecule has 254 valence electrons. The van der Waals surface area contributed by atoms with Crippen LogP contribution in [0.3, 0.4) is 0 Å². The number of benzene rings is 3. The van der Waals surface area contributed by atoms with E-state index in [4.69, 9.17) is 23.7 Å². The predicted molar refractivity (Wildman–Crippen MR) is 184 cm³/mol.